The van der Waals surface area contributed by atoms with Crippen LogP contribution in [0.5, 0.6) is 0 Å². The summed E-state index contributed by atoms with van der Waals surface area (Å²) in [6, 6.07) is 16.7. The van der Waals surface area contributed by atoms with Crippen LogP contribution in [0.4, 0.5) is 0 Å². The highest BCUT2D eigenvalue weighted by atomic mass is 32.2. The number of hydrogen-bond acceptors (Lipinski definition) is 4. The van der Waals surface area contributed by atoms with Crippen LogP contribution >= 0.6 is 11.8 Å². The summed E-state index contributed by atoms with van der Waals surface area (Å²) in [5, 5.41) is 9.94. The Balaban J connectivity index is 1.78. The lowest BCUT2D eigenvalue weighted by molar-refractivity contribution is 0.284. The highest BCUT2D eigenvalue weighted by molar-refractivity contribution is 7.99. The van der Waals surface area contributed by atoms with Gasteiger partial charge in [-0.3, -0.25) is 9.20 Å². The fraction of sp³-hybridized carbons (Fsp3) is 0.321. The fourth-order valence-corrected chi connectivity index (χ4v) is 6.66. The van der Waals surface area contributed by atoms with Gasteiger partial charge in [0.25, 0.3) is 5.56 Å². The number of thioether (sulfide) groups is 1. The zero-order valence-corrected chi connectivity index (χ0v) is 20.3. The maximum atomic E-state index is 14.5. The number of rotatable bonds is 4. The second-order valence-corrected chi connectivity index (χ2v) is 10.6. The van der Waals surface area contributed by atoms with Crippen LogP contribution in [0, 0.1) is 6.92 Å². The standard InChI is InChI=1S/C28H28N4OS/c1-3-16-34-27-30-29-26-31(21-12-9-10-19(2)17-21)25(33)23-24(32(26)27)22-13-6-5-11-20(22)18-28(23)14-7-4-8-15-28/h3,5-6,9-13,17H,1,4,7-8,14-16,18H2,2H3. The monoisotopic (exact) mass is 468 g/mol. The minimum absolute atomic E-state index is 0.0529. The quantitative estimate of drug-likeness (QED) is 0.277. The predicted octanol–water partition coefficient (Wildman–Crippen LogP) is 5.89. The van der Waals surface area contributed by atoms with Gasteiger partial charge in [0.1, 0.15) is 0 Å². The first-order valence-electron chi connectivity index (χ1n) is 12.1. The summed E-state index contributed by atoms with van der Waals surface area (Å²) in [4.78, 5) is 14.5. The maximum Gasteiger partial charge on any atom is 0.263 e. The van der Waals surface area contributed by atoms with Gasteiger partial charge in [-0.15, -0.1) is 16.8 Å². The third-order valence-electron chi connectivity index (χ3n) is 7.43. The molecule has 0 amide bonds. The van der Waals surface area contributed by atoms with Gasteiger partial charge in [-0.05, 0) is 49.4 Å². The molecule has 2 aromatic carbocycles. The van der Waals surface area contributed by atoms with Gasteiger partial charge < -0.3 is 0 Å². The van der Waals surface area contributed by atoms with Crippen LogP contribution in [0.3, 0.4) is 0 Å². The molecule has 1 spiro atoms. The van der Waals surface area contributed by atoms with Crippen LogP contribution in [0.15, 0.2) is 71.1 Å². The molecule has 0 aliphatic heterocycles. The number of benzene rings is 2. The molecule has 0 unspecified atom stereocenters. The summed E-state index contributed by atoms with van der Waals surface area (Å²) in [6.07, 6.45) is 8.43. The van der Waals surface area contributed by atoms with Crippen LogP contribution in [0.1, 0.15) is 48.8 Å². The van der Waals surface area contributed by atoms with E-state index >= 15 is 0 Å². The van der Waals surface area contributed by atoms with Crippen molar-refractivity contribution in [1.82, 2.24) is 19.2 Å². The van der Waals surface area contributed by atoms with Gasteiger partial charge in [0.05, 0.1) is 11.4 Å². The molecule has 2 aromatic heterocycles. The lowest BCUT2D eigenvalue weighted by Gasteiger charge is -2.42. The van der Waals surface area contributed by atoms with Crippen molar-refractivity contribution in [3.63, 3.8) is 0 Å². The first kappa shape index (κ1) is 21.4. The number of nitrogens with zero attached hydrogens (tertiary/aromatic N) is 4. The van der Waals surface area contributed by atoms with E-state index in [2.05, 4.69) is 64.5 Å². The Kier molecular flexibility index (Phi) is 5.21. The Morgan fingerprint density at radius 1 is 1.09 bits per heavy atom. The maximum absolute atomic E-state index is 14.5. The molecular weight excluding hydrogens is 440 g/mol. The molecule has 2 heterocycles. The van der Waals surface area contributed by atoms with Crippen molar-refractivity contribution in [3.05, 3.63) is 88.2 Å². The molecule has 4 aromatic rings. The van der Waals surface area contributed by atoms with Crippen molar-refractivity contribution in [2.45, 2.75) is 56.0 Å². The molecule has 1 saturated carbocycles. The Labute approximate surface area is 203 Å². The van der Waals surface area contributed by atoms with Crippen LogP contribution in [0.2, 0.25) is 0 Å². The zero-order valence-electron chi connectivity index (χ0n) is 19.5. The number of fused-ring (bicyclic) bond motifs is 6. The molecule has 2 aliphatic carbocycles. The van der Waals surface area contributed by atoms with Crippen molar-refractivity contribution in [2.75, 3.05) is 5.75 Å². The molecule has 0 atom stereocenters. The van der Waals surface area contributed by atoms with Gasteiger partial charge in [-0.2, -0.15) is 0 Å². The number of aromatic nitrogens is 4. The molecular formula is C28H28N4OS. The second kappa shape index (κ2) is 8.27. The lowest BCUT2D eigenvalue weighted by Crippen LogP contribution is -2.43. The molecule has 1 fully saturated rings. The minimum atomic E-state index is -0.149. The molecule has 0 N–H and O–H groups in total. The van der Waals surface area contributed by atoms with E-state index in [0.717, 1.165) is 71.1 Å². The zero-order chi connectivity index (χ0) is 23.3. The molecule has 6 heteroatoms. The molecule has 0 radical (unpaired) electrons. The average Bonchev–Trinajstić information content (AvgIpc) is 3.26. The number of hydrogen-bond donors (Lipinski definition) is 0. The molecule has 172 valence electrons. The fourth-order valence-electron chi connectivity index (χ4n) is 5.99. The summed E-state index contributed by atoms with van der Waals surface area (Å²) in [5.41, 5.74) is 6.24. The molecule has 0 saturated heterocycles. The van der Waals surface area contributed by atoms with Crippen LogP contribution in [-0.4, -0.2) is 24.9 Å². The first-order valence-corrected chi connectivity index (χ1v) is 13.1. The third-order valence-corrected chi connectivity index (χ3v) is 8.35. The Morgan fingerprint density at radius 3 is 2.71 bits per heavy atom. The summed E-state index contributed by atoms with van der Waals surface area (Å²) in [6.45, 7) is 5.94. The van der Waals surface area contributed by atoms with E-state index in [1.54, 1.807) is 16.3 Å². The van der Waals surface area contributed by atoms with E-state index < -0.39 is 0 Å². The largest absolute Gasteiger partial charge is 0.268 e. The van der Waals surface area contributed by atoms with Crippen molar-refractivity contribution in [2.24, 2.45) is 0 Å². The molecule has 2 aliphatic rings. The topological polar surface area (TPSA) is 52.2 Å². The van der Waals surface area contributed by atoms with Crippen LogP contribution < -0.4 is 5.56 Å². The number of aryl methyl sites for hydroxylation is 1. The van der Waals surface area contributed by atoms with Gasteiger partial charge in [0, 0.05) is 22.3 Å². The third kappa shape index (κ3) is 3.19. The molecule has 0 bridgehead atoms. The Bertz CT molecular complexity index is 1480. The molecule has 34 heavy (non-hydrogen) atoms. The first-order chi connectivity index (χ1) is 16.6. The van der Waals surface area contributed by atoms with E-state index in [0.29, 0.717) is 5.78 Å². The van der Waals surface area contributed by atoms with Crippen LogP contribution in [-0.2, 0) is 11.8 Å². The van der Waals surface area contributed by atoms with Gasteiger partial charge in [0.2, 0.25) is 5.78 Å². The summed E-state index contributed by atoms with van der Waals surface area (Å²) in [5.74, 6) is 1.30. The summed E-state index contributed by atoms with van der Waals surface area (Å²) in [7, 11) is 0. The van der Waals surface area contributed by atoms with Crippen LogP contribution in [0.25, 0.3) is 22.7 Å². The highest BCUT2D eigenvalue weighted by Gasteiger charge is 2.44. The van der Waals surface area contributed by atoms with E-state index in [9.17, 15) is 4.79 Å². The summed E-state index contributed by atoms with van der Waals surface area (Å²) < 4.78 is 3.93. The second-order valence-electron chi connectivity index (χ2n) is 9.60. The normalized spacial score (nSPS) is 16.4. The molecule has 6 rings (SSSR count). The summed E-state index contributed by atoms with van der Waals surface area (Å²) >= 11 is 1.61. The van der Waals surface area contributed by atoms with Gasteiger partial charge in [0.15, 0.2) is 5.16 Å². The van der Waals surface area contributed by atoms with Gasteiger partial charge >= 0.3 is 0 Å². The van der Waals surface area contributed by atoms with Crippen molar-refractivity contribution < 1.29 is 0 Å². The Hall–Kier alpha value is -3.12. The molecule has 5 nitrogen and oxygen atoms in total. The van der Waals surface area contributed by atoms with Gasteiger partial charge in [-0.1, -0.05) is 73.5 Å². The SMILES string of the molecule is C=CCSc1nnc2n(-c3cccc(C)c3)c(=O)c3c(n12)-c1ccccc1CC31CCCCC1. The average molecular weight is 469 g/mol. The minimum Gasteiger partial charge on any atom is -0.268 e. The van der Waals surface area contributed by atoms with Crippen molar-refractivity contribution in [1.29, 1.82) is 0 Å². The van der Waals surface area contributed by atoms with E-state index in [1.165, 1.54) is 12.0 Å². The van der Waals surface area contributed by atoms with Gasteiger partial charge in [-0.25, -0.2) is 4.57 Å². The smallest absolute Gasteiger partial charge is 0.263 e. The predicted molar refractivity (Wildman–Crippen MR) is 138 cm³/mol. The van der Waals surface area contributed by atoms with E-state index in [4.69, 9.17) is 0 Å². The van der Waals surface area contributed by atoms with E-state index in [1.807, 2.05) is 18.2 Å². The van der Waals surface area contributed by atoms with Crippen molar-refractivity contribution >= 4 is 17.5 Å². The van der Waals surface area contributed by atoms with E-state index in [-0.39, 0.29) is 11.0 Å². The van der Waals surface area contributed by atoms with Crippen molar-refractivity contribution in [3.8, 4) is 16.9 Å². The highest BCUT2D eigenvalue weighted by Crippen LogP contribution is 2.49. The Morgan fingerprint density at radius 2 is 1.91 bits per heavy atom. The lowest BCUT2D eigenvalue weighted by atomic mass is 9.62.